The molecule has 1 aromatic carbocycles. The Morgan fingerprint density at radius 3 is 2.87 bits per heavy atom. The average molecular weight is 269 g/mol. The largest absolute Gasteiger partial charge is 0.496 e. The molecule has 2 rings (SSSR count). The highest BCUT2D eigenvalue weighted by atomic mass is 79.9. The number of benzene rings is 1. The van der Waals surface area contributed by atoms with E-state index in [2.05, 4.69) is 15.9 Å². The zero-order chi connectivity index (χ0) is 10.8. The Kier molecular flexibility index (Phi) is 3.10. The number of Topliss-reactive ketones (excluding diaryl/α,β-unsaturated/α-hetero) is 1. The molecule has 1 fully saturated rings. The molecular weight excluding hydrogens is 256 g/mol. The van der Waals surface area contributed by atoms with E-state index in [0.717, 1.165) is 28.6 Å². The number of methoxy groups -OCH3 is 1. The monoisotopic (exact) mass is 268 g/mol. The molecule has 0 aliphatic heterocycles. The summed E-state index contributed by atoms with van der Waals surface area (Å²) in [6.45, 7) is 0. The Morgan fingerprint density at radius 2 is 2.27 bits per heavy atom. The van der Waals surface area contributed by atoms with Crippen molar-refractivity contribution in [2.24, 2.45) is 0 Å². The first-order valence-corrected chi connectivity index (χ1v) is 5.88. The van der Waals surface area contributed by atoms with Crippen molar-refractivity contribution in [2.45, 2.75) is 25.2 Å². The quantitative estimate of drug-likeness (QED) is 0.823. The van der Waals surface area contributed by atoms with E-state index < -0.39 is 0 Å². The number of ether oxygens (including phenoxy) is 1. The zero-order valence-corrected chi connectivity index (χ0v) is 10.2. The first-order chi connectivity index (χ1) is 7.24. The van der Waals surface area contributed by atoms with Crippen molar-refractivity contribution in [3.8, 4) is 5.75 Å². The molecule has 1 atom stereocenters. The molecule has 80 valence electrons. The number of carbonyl (C=O) groups is 1. The van der Waals surface area contributed by atoms with Gasteiger partial charge in [-0.05, 0) is 25.0 Å². The minimum absolute atomic E-state index is 0.0236. The van der Waals surface area contributed by atoms with E-state index in [9.17, 15) is 4.79 Å². The molecule has 1 aromatic rings. The van der Waals surface area contributed by atoms with Gasteiger partial charge < -0.3 is 4.74 Å². The van der Waals surface area contributed by atoms with Crippen molar-refractivity contribution >= 4 is 21.7 Å². The second kappa shape index (κ2) is 4.35. The fourth-order valence-electron chi connectivity index (χ4n) is 2.15. The van der Waals surface area contributed by atoms with Crippen molar-refractivity contribution in [3.63, 3.8) is 0 Å². The summed E-state index contributed by atoms with van der Waals surface area (Å²) in [5, 5.41) is 0. The highest BCUT2D eigenvalue weighted by Gasteiger charge is 2.29. The summed E-state index contributed by atoms with van der Waals surface area (Å²) in [4.78, 5) is 11.7. The fourth-order valence-corrected chi connectivity index (χ4v) is 2.78. The molecule has 0 bridgehead atoms. The Hall–Kier alpha value is -0.830. The number of hydrogen-bond donors (Lipinski definition) is 0. The van der Waals surface area contributed by atoms with Crippen LogP contribution < -0.4 is 4.74 Å². The van der Waals surface area contributed by atoms with Gasteiger partial charge in [-0.25, -0.2) is 0 Å². The molecule has 1 aliphatic carbocycles. The van der Waals surface area contributed by atoms with E-state index in [4.69, 9.17) is 4.74 Å². The average Bonchev–Trinajstić information content (AvgIpc) is 2.64. The summed E-state index contributed by atoms with van der Waals surface area (Å²) in [7, 11) is 1.64. The fraction of sp³-hybridized carbons (Fsp3) is 0.417. The summed E-state index contributed by atoms with van der Waals surface area (Å²) in [6, 6.07) is 5.79. The van der Waals surface area contributed by atoms with Crippen LogP contribution in [0.15, 0.2) is 22.7 Å². The molecule has 0 amide bonds. The van der Waals surface area contributed by atoms with Gasteiger partial charge in [0, 0.05) is 22.4 Å². The van der Waals surface area contributed by atoms with Crippen LogP contribution >= 0.6 is 15.9 Å². The number of halogens is 1. The normalized spacial score (nSPS) is 20.7. The van der Waals surface area contributed by atoms with Crippen LogP contribution in [0.4, 0.5) is 0 Å². The molecule has 2 nitrogen and oxygen atoms in total. The van der Waals surface area contributed by atoms with Crippen molar-refractivity contribution in [2.75, 3.05) is 7.11 Å². The molecule has 0 aromatic heterocycles. The molecule has 0 heterocycles. The van der Waals surface area contributed by atoms with Crippen LogP contribution in [0.2, 0.25) is 0 Å². The molecule has 0 N–H and O–H groups in total. The number of carbonyl (C=O) groups excluding carboxylic acids is 1. The van der Waals surface area contributed by atoms with Crippen molar-refractivity contribution in [3.05, 3.63) is 28.2 Å². The van der Waals surface area contributed by atoms with E-state index in [1.54, 1.807) is 7.11 Å². The maximum atomic E-state index is 11.7. The maximum absolute atomic E-state index is 11.7. The van der Waals surface area contributed by atoms with Gasteiger partial charge in [0.05, 0.1) is 7.11 Å². The lowest BCUT2D eigenvalue weighted by Crippen LogP contribution is -2.06. The second-order valence-electron chi connectivity index (χ2n) is 3.77. The van der Waals surface area contributed by atoms with E-state index >= 15 is 0 Å². The van der Waals surface area contributed by atoms with Crippen LogP contribution in [0, 0.1) is 0 Å². The third-order valence-electron chi connectivity index (χ3n) is 2.89. The first kappa shape index (κ1) is 10.7. The molecule has 15 heavy (non-hydrogen) atoms. The minimum Gasteiger partial charge on any atom is -0.496 e. The Balaban J connectivity index is 2.45. The molecule has 1 unspecified atom stereocenters. The third kappa shape index (κ3) is 1.93. The summed E-state index contributed by atoms with van der Waals surface area (Å²) in [6.07, 6.45) is 2.64. The summed E-state index contributed by atoms with van der Waals surface area (Å²) in [5.41, 5.74) is 1.02. The highest BCUT2D eigenvalue weighted by molar-refractivity contribution is 9.10. The van der Waals surface area contributed by atoms with Gasteiger partial charge in [-0.2, -0.15) is 0 Å². The van der Waals surface area contributed by atoms with Crippen LogP contribution in [0.3, 0.4) is 0 Å². The predicted molar refractivity (Wildman–Crippen MR) is 62.3 cm³/mol. The van der Waals surface area contributed by atoms with Crippen molar-refractivity contribution in [1.29, 1.82) is 0 Å². The van der Waals surface area contributed by atoms with E-state index in [1.807, 2.05) is 18.2 Å². The van der Waals surface area contributed by atoms with Crippen LogP contribution in [-0.2, 0) is 4.79 Å². The Bertz CT molecular complexity index is 387. The van der Waals surface area contributed by atoms with Crippen molar-refractivity contribution < 1.29 is 9.53 Å². The van der Waals surface area contributed by atoms with Gasteiger partial charge in [-0.1, -0.05) is 22.0 Å². The summed E-state index contributed by atoms with van der Waals surface area (Å²) in [5.74, 6) is 1.17. The number of rotatable bonds is 2. The molecule has 3 heteroatoms. The molecule has 1 aliphatic rings. The Labute approximate surface area is 97.8 Å². The summed E-state index contributed by atoms with van der Waals surface area (Å²) >= 11 is 3.49. The highest BCUT2D eigenvalue weighted by Crippen LogP contribution is 2.40. The van der Waals surface area contributed by atoms with Gasteiger partial charge in [-0.3, -0.25) is 4.79 Å². The predicted octanol–water partition coefficient (Wildman–Crippen LogP) is 3.29. The number of hydrogen-bond acceptors (Lipinski definition) is 2. The van der Waals surface area contributed by atoms with E-state index in [0.29, 0.717) is 12.2 Å². The third-order valence-corrected chi connectivity index (χ3v) is 3.58. The molecular formula is C12H13BrO2. The van der Waals surface area contributed by atoms with Gasteiger partial charge >= 0.3 is 0 Å². The standard InChI is InChI=1S/C12H13BrO2/c1-15-11-7-3-5-9(13)12(11)8-4-2-6-10(8)14/h3,5,7-8H,2,4,6H2,1H3. The molecule has 0 radical (unpaired) electrons. The minimum atomic E-state index is 0.0236. The van der Waals surface area contributed by atoms with E-state index in [1.165, 1.54) is 0 Å². The number of ketones is 1. The van der Waals surface area contributed by atoms with Crippen LogP contribution in [0.1, 0.15) is 30.7 Å². The summed E-state index contributed by atoms with van der Waals surface area (Å²) < 4.78 is 6.28. The van der Waals surface area contributed by atoms with Crippen molar-refractivity contribution in [1.82, 2.24) is 0 Å². The lowest BCUT2D eigenvalue weighted by Gasteiger charge is -2.15. The van der Waals surface area contributed by atoms with Crippen LogP contribution in [0.25, 0.3) is 0 Å². The van der Waals surface area contributed by atoms with Crippen LogP contribution in [0.5, 0.6) is 5.75 Å². The zero-order valence-electron chi connectivity index (χ0n) is 8.63. The van der Waals surface area contributed by atoms with Gasteiger partial charge in [-0.15, -0.1) is 0 Å². The van der Waals surface area contributed by atoms with Gasteiger partial charge in [0.25, 0.3) is 0 Å². The topological polar surface area (TPSA) is 26.3 Å². The SMILES string of the molecule is COc1cccc(Br)c1C1CCCC1=O. The first-order valence-electron chi connectivity index (χ1n) is 5.09. The second-order valence-corrected chi connectivity index (χ2v) is 4.62. The van der Waals surface area contributed by atoms with Crippen LogP contribution in [-0.4, -0.2) is 12.9 Å². The lowest BCUT2D eigenvalue weighted by atomic mass is 9.96. The van der Waals surface area contributed by atoms with E-state index in [-0.39, 0.29) is 5.92 Å². The lowest BCUT2D eigenvalue weighted by molar-refractivity contribution is -0.118. The molecule has 0 spiro atoms. The Morgan fingerprint density at radius 1 is 1.47 bits per heavy atom. The van der Waals surface area contributed by atoms with Gasteiger partial charge in [0.1, 0.15) is 11.5 Å². The smallest absolute Gasteiger partial charge is 0.140 e. The molecule has 0 saturated heterocycles. The van der Waals surface area contributed by atoms with Gasteiger partial charge in [0.2, 0.25) is 0 Å². The van der Waals surface area contributed by atoms with Gasteiger partial charge in [0.15, 0.2) is 0 Å². The maximum Gasteiger partial charge on any atom is 0.140 e. The molecule has 1 saturated carbocycles.